The van der Waals surface area contributed by atoms with Gasteiger partial charge < -0.3 is 33.3 Å². The Balaban J connectivity index is 1.13. The van der Waals surface area contributed by atoms with Gasteiger partial charge in [0.05, 0.1) is 44.4 Å². The van der Waals surface area contributed by atoms with Crippen LogP contribution in [-0.2, 0) is 28.0 Å². The number of imidazole rings is 1. The normalized spacial score (nSPS) is 18.7. The third kappa shape index (κ3) is 7.03. The van der Waals surface area contributed by atoms with Crippen molar-refractivity contribution in [2.45, 2.75) is 51.1 Å². The monoisotopic (exact) mass is 668 g/mol. The van der Waals surface area contributed by atoms with Gasteiger partial charge in [-0.3, -0.25) is 9.59 Å². The average Bonchev–Trinajstić information content (AvgIpc) is 3.67. The Hall–Kier alpha value is -4.41. The lowest BCUT2D eigenvalue weighted by atomic mass is 9.76. The number of likely N-dealkylation sites (tertiary alicyclic amines) is 2. The molecule has 10 heteroatoms. The molecule has 3 heterocycles. The van der Waals surface area contributed by atoms with Crippen molar-refractivity contribution in [3.8, 4) is 17.2 Å². The van der Waals surface area contributed by atoms with Gasteiger partial charge in [-0.1, -0.05) is 42.5 Å². The summed E-state index contributed by atoms with van der Waals surface area (Å²) in [6.07, 6.45) is 3.00. The number of fused-ring (bicyclic) bond motifs is 1. The van der Waals surface area contributed by atoms with Crippen molar-refractivity contribution >= 4 is 22.7 Å². The highest BCUT2D eigenvalue weighted by molar-refractivity contribution is 5.98. The maximum Gasteiger partial charge on any atom is 0.233 e. The molecule has 0 radical (unpaired) electrons. The first-order valence-electron chi connectivity index (χ1n) is 17.4. The van der Waals surface area contributed by atoms with Gasteiger partial charge in [-0.25, -0.2) is 4.98 Å². The summed E-state index contributed by atoms with van der Waals surface area (Å²) in [4.78, 5) is 37.4. The van der Waals surface area contributed by atoms with E-state index in [9.17, 15) is 9.59 Å². The summed E-state index contributed by atoms with van der Waals surface area (Å²) in [5.41, 5.74) is 3.18. The van der Waals surface area contributed by atoms with Crippen LogP contribution in [0.2, 0.25) is 0 Å². The van der Waals surface area contributed by atoms with Gasteiger partial charge in [-0.05, 0) is 87.6 Å². The third-order valence-corrected chi connectivity index (χ3v) is 10.3. The molecule has 2 fully saturated rings. The Bertz CT molecular complexity index is 1720. The second kappa shape index (κ2) is 15.4. The summed E-state index contributed by atoms with van der Waals surface area (Å²) in [6.45, 7) is 7.26. The van der Waals surface area contributed by atoms with Gasteiger partial charge in [0, 0.05) is 32.2 Å². The fraction of sp³-hybridized carbons (Fsp3) is 0.462. The molecule has 0 bridgehead atoms. The number of carbonyl (C=O) groups is 2. The Morgan fingerprint density at radius 2 is 1.59 bits per heavy atom. The molecule has 260 valence electrons. The zero-order valence-corrected chi connectivity index (χ0v) is 29.2. The van der Waals surface area contributed by atoms with Gasteiger partial charge in [0.15, 0.2) is 17.3 Å². The summed E-state index contributed by atoms with van der Waals surface area (Å²) in [5, 5.41) is 0. The quantitative estimate of drug-likeness (QED) is 0.117. The first-order valence-corrected chi connectivity index (χ1v) is 17.4. The molecule has 2 saturated heterocycles. The number of hydrogen-bond acceptors (Lipinski definition) is 8. The van der Waals surface area contributed by atoms with Crippen molar-refractivity contribution in [1.82, 2.24) is 19.4 Å². The second-order valence-corrected chi connectivity index (χ2v) is 13.0. The Morgan fingerprint density at radius 3 is 2.27 bits per heavy atom. The SMILES string of the molecule is CCOCCn1c(C(=O)C2CCN(CCC3(c4ccccc4)CCN(Cc4cc(OC)c(OC)c(OC)c4)C3=O)CC2)nc2ccccc21. The van der Waals surface area contributed by atoms with Crippen LogP contribution in [0.25, 0.3) is 11.0 Å². The van der Waals surface area contributed by atoms with Crippen LogP contribution in [0.4, 0.5) is 0 Å². The minimum absolute atomic E-state index is 0.0796. The summed E-state index contributed by atoms with van der Waals surface area (Å²) < 4.78 is 24.3. The van der Waals surface area contributed by atoms with Gasteiger partial charge in [0.25, 0.3) is 0 Å². The number of ketones is 1. The van der Waals surface area contributed by atoms with Crippen LogP contribution >= 0.6 is 0 Å². The molecule has 0 saturated carbocycles. The average molecular weight is 669 g/mol. The van der Waals surface area contributed by atoms with E-state index in [-0.39, 0.29) is 17.6 Å². The van der Waals surface area contributed by atoms with Crippen molar-refractivity contribution in [1.29, 1.82) is 0 Å². The molecule has 3 aromatic carbocycles. The number of piperidine rings is 1. The highest BCUT2D eigenvalue weighted by Gasteiger charge is 2.48. The number of Topliss-reactive ketones (excluding diaryl/α,β-unsaturated/α-hetero) is 1. The van der Waals surface area contributed by atoms with Gasteiger partial charge in [0.2, 0.25) is 17.4 Å². The van der Waals surface area contributed by atoms with Crippen molar-refractivity contribution < 1.29 is 28.5 Å². The number of hydrogen-bond donors (Lipinski definition) is 0. The molecule has 1 aromatic heterocycles. The largest absolute Gasteiger partial charge is 0.493 e. The standard InChI is InChI=1S/C39H48N4O6/c1-5-49-24-23-43-32-14-10-9-13-31(32)40-37(43)35(44)29-15-19-41(20-16-29)21-17-39(30-11-7-6-8-12-30)18-22-42(38(39)45)27-28-25-33(46-2)36(48-4)34(26-28)47-3/h6-14,25-26,29H,5,15-24,27H2,1-4H3. The molecule has 4 aromatic rings. The van der Waals surface area contributed by atoms with E-state index >= 15 is 0 Å². The number of carbonyl (C=O) groups excluding carboxylic acids is 2. The van der Waals surface area contributed by atoms with Crippen molar-refractivity contribution in [3.05, 3.63) is 83.7 Å². The van der Waals surface area contributed by atoms with Crippen LogP contribution in [0.15, 0.2) is 66.7 Å². The summed E-state index contributed by atoms with van der Waals surface area (Å²) in [6, 6.07) is 22.0. The topological polar surface area (TPSA) is 95.4 Å². The highest BCUT2D eigenvalue weighted by atomic mass is 16.5. The zero-order chi connectivity index (χ0) is 34.4. The van der Waals surface area contributed by atoms with E-state index in [0.717, 1.165) is 61.1 Å². The molecule has 1 atom stereocenters. The molecule has 2 aliphatic rings. The van der Waals surface area contributed by atoms with E-state index in [1.165, 1.54) is 0 Å². The lowest BCUT2D eigenvalue weighted by Gasteiger charge is -2.35. The molecule has 0 N–H and O–H groups in total. The fourth-order valence-electron chi connectivity index (χ4n) is 7.58. The van der Waals surface area contributed by atoms with Crippen molar-refractivity contribution in [3.63, 3.8) is 0 Å². The van der Waals surface area contributed by atoms with E-state index in [1.54, 1.807) is 21.3 Å². The number of ether oxygens (including phenoxy) is 4. The van der Waals surface area contributed by atoms with Crippen LogP contribution in [0, 0.1) is 5.92 Å². The summed E-state index contributed by atoms with van der Waals surface area (Å²) >= 11 is 0. The first-order chi connectivity index (χ1) is 23.9. The van der Waals surface area contributed by atoms with E-state index in [4.69, 9.17) is 23.9 Å². The van der Waals surface area contributed by atoms with Gasteiger partial charge in [0.1, 0.15) is 0 Å². The fourth-order valence-corrected chi connectivity index (χ4v) is 7.58. The Morgan fingerprint density at radius 1 is 0.898 bits per heavy atom. The van der Waals surface area contributed by atoms with E-state index in [1.807, 2.05) is 71.0 Å². The highest BCUT2D eigenvalue weighted by Crippen LogP contribution is 2.42. The minimum atomic E-state index is -0.611. The maximum absolute atomic E-state index is 14.4. The molecule has 10 nitrogen and oxygen atoms in total. The van der Waals surface area contributed by atoms with Crippen molar-refractivity contribution in [2.75, 3.05) is 60.7 Å². The molecule has 49 heavy (non-hydrogen) atoms. The minimum Gasteiger partial charge on any atom is -0.493 e. The number of rotatable bonds is 15. The number of nitrogens with zero attached hydrogens (tertiary/aromatic N) is 4. The molecule has 2 aliphatic heterocycles. The number of amides is 1. The van der Waals surface area contributed by atoms with Crippen LogP contribution in [0.5, 0.6) is 17.2 Å². The third-order valence-electron chi connectivity index (χ3n) is 10.3. The number of methoxy groups -OCH3 is 3. The van der Waals surface area contributed by atoms with Gasteiger partial charge in [-0.2, -0.15) is 0 Å². The molecule has 6 rings (SSSR count). The molecule has 0 spiro atoms. The zero-order valence-electron chi connectivity index (χ0n) is 29.2. The molecular formula is C39H48N4O6. The lowest BCUT2D eigenvalue weighted by molar-refractivity contribution is -0.133. The number of aromatic nitrogens is 2. The van der Waals surface area contributed by atoms with Crippen LogP contribution in [0.3, 0.4) is 0 Å². The Kier molecular flexibility index (Phi) is 10.8. The predicted molar refractivity (Wildman–Crippen MR) is 189 cm³/mol. The smallest absolute Gasteiger partial charge is 0.233 e. The lowest BCUT2D eigenvalue weighted by Crippen LogP contribution is -2.43. The number of benzene rings is 3. The first kappa shape index (κ1) is 34.5. The number of para-hydroxylation sites is 2. The predicted octanol–water partition coefficient (Wildman–Crippen LogP) is 5.75. The van der Waals surface area contributed by atoms with E-state index in [2.05, 4.69) is 17.0 Å². The van der Waals surface area contributed by atoms with E-state index < -0.39 is 5.41 Å². The van der Waals surface area contributed by atoms with Crippen LogP contribution in [-0.4, -0.2) is 91.8 Å². The van der Waals surface area contributed by atoms with Gasteiger partial charge in [-0.15, -0.1) is 0 Å². The maximum atomic E-state index is 14.4. The second-order valence-electron chi connectivity index (χ2n) is 13.0. The van der Waals surface area contributed by atoms with Crippen molar-refractivity contribution in [2.24, 2.45) is 5.92 Å². The summed E-state index contributed by atoms with van der Waals surface area (Å²) in [7, 11) is 4.78. The molecular weight excluding hydrogens is 620 g/mol. The van der Waals surface area contributed by atoms with Crippen LogP contribution in [0.1, 0.15) is 54.4 Å². The van der Waals surface area contributed by atoms with Crippen LogP contribution < -0.4 is 14.2 Å². The molecule has 1 amide bonds. The van der Waals surface area contributed by atoms with E-state index in [0.29, 0.717) is 62.3 Å². The Labute approximate surface area is 288 Å². The van der Waals surface area contributed by atoms with Gasteiger partial charge >= 0.3 is 0 Å². The molecule has 0 aliphatic carbocycles. The molecule has 1 unspecified atom stereocenters. The summed E-state index contributed by atoms with van der Waals surface area (Å²) in [5.74, 6) is 2.39.